The van der Waals surface area contributed by atoms with Crippen LogP contribution in [0.5, 0.6) is 0 Å². The summed E-state index contributed by atoms with van der Waals surface area (Å²) in [6.07, 6.45) is 0.126. The second-order valence-electron chi connectivity index (χ2n) is 6.73. The molecule has 1 N–H and O–H groups in total. The van der Waals surface area contributed by atoms with Crippen LogP contribution in [0.2, 0.25) is 5.02 Å². The Labute approximate surface area is 186 Å². The normalized spacial score (nSPS) is 10.9. The predicted molar refractivity (Wildman–Crippen MR) is 124 cm³/mol. The van der Waals surface area contributed by atoms with Gasteiger partial charge in [-0.05, 0) is 42.5 Å². The highest BCUT2D eigenvalue weighted by Gasteiger charge is 2.13. The molecule has 0 spiro atoms. The Morgan fingerprint density at radius 1 is 0.967 bits per heavy atom. The molecule has 1 amide bonds. The summed E-state index contributed by atoms with van der Waals surface area (Å²) < 4.78 is 2.29. The number of nitrogens with one attached hydrogen (secondary N) is 1. The summed E-state index contributed by atoms with van der Waals surface area (Å²) in [5.74, 6) is -0.188. The topological polar surface area (TPSA) is 64.0 Å². The van der Waals surface area contributed by atoms with Gasteiger partial charge in [-0.3, -0.25) is 9.59 Å². The molecule has 1 heterocycles. The van der Waals surface area contributed by atoms with Crippen LogP contribution in [0.3, 0.4) is 0 Å². The number of benzene rings is 3. The van der Waals surface area contributed by atoms with Crippen LogP contribution in [-0.4, -0.2) is 15.7 Å². The number of anilines is 1. The second-order valence-corrected chi connectivity index (χ2v) is 8.09. The van der Waals surface area contributed by atoms with E-state index in [1.165, 1.54) is 4.68 Å². The zero-order chi connectivity index (χ0) is 21.1. The predicted octanol–water partition coefficient (Wildman–Crippen LogP) is 5.51. The highest BCUT2D eigenvalue weighted by Crippen LogP contribution is 2.26. The first-order valence-electron chi connectivity index (χ1n) is 9.32. The number of carbonyl (C=O) groups excluding carboxylic acids is 1. The molecule has 4 rings (SSSR count). The maximum Gasteiger partial charge on any atom is 0.274 e. The molecule has 0 atom stereocenters. The van der Waals surface area contributed by atoms with E-state index in [4.69, 9.17) is 11.6 Å². The lowest BCUT2D eigenvalue weighted by Gasteiger charge is -2.12. The van der Waals surface area contributed by atoms with E-state index in [0.29, 0.717) is 21.8 Å². The van der Waals surface area contributed by atoms with Crippen LogP contribution in [0.1, 0.15) is 6.42 Å². The molecule has 0 fully saturated rings. The third kappa shape index (κ3) is 4.45. The quantitative estimate of drug-likeness (QED) is 0.408. The van der Waals surface area contributed by atoms with Gasteiger partial charge in [0, 0.05) is 32.6 Å². The van der Waals surface area contributed by atoms with Crippen molar-refractivity contribution in [2.75, 3.05) is 5.32 Å². The van der Waals surface area contributed by atoms with Gasteiger partial charge in [-0.15, -0.1) is 0 Å². The lowest BCUT2D eigenvalue weighted by atomic mass is 10.1. The number of amides is 1. The lowest BCUT2D eigenvalue weighted by Crippen LogP contribution is -2.26. The van der Waals surface area contributed by atoms with E-state index in [-0.39, 0.29) is 24.4 Å². The van der Waals surface area contributed by atoms with E-state index in [0.717, 1.165) is 15.4 Å². The SMILES string of the molecule is O=C(CCn1nc(-c2ccc(Cl)cc2)c2ccccc2c1=O)Nc1ccc(Br)cc1. The van der Waals surface area contributed by atoms with E-state index in [1.54, 1.807) is 30.3 Å². The van der Waals surface area contributed by atoms with Gasteiger partial charge in [0.15, 0.2) is 0 Å². The summed E-state index contributed by atoms with van der Waals surface area (Å²) in [7, 11) is 0. The third-order valence-corrected chi connectivity index (χ3v) is 5.44. The molecule has 3 aromatic carbocycles. The van der Waals surface area contributed by atoms with Crippen molar-refractivity contribution in [3.63, 3.8) is 0 Å². The van der Waals surface area contributed by atoms with Gasteiger partial charge in [-0.25, -0.2) is 4.68 Å². The van der Waals surface area contributed by atoms with Gasteiger partial charge in [0.1, 0.15) is 0 Å². The molecule has 4 aromatic rings. The Morgan fingerprint density at radius 2 is 1.63 bits per heavy atom. The maximum atomic E-state index is 12.9. The first kappa shape index (κ1) is 20.3. The number of rotatable bonds is 5. The van der Waals surface area contributed by atoms with Crippen LogP contribution in [0.15, 0.2) is 82.1 Å². The van der Waals surface area contributed by atoms with Crippen molar-refractivity contribution in [1.29, 1.82) is 0 Å². The second kappa shape index (κ2) is 8.81. The molecule has 0 bridgehead atoms. The molecular weight excluding hydrogens is 466 g/mol. The summed E-state index contributed by atoms with van der Waals surface area (Å²) in [4.78, 5) is 25.3. The first-order chi connectivity index (χ1) is 14.5. The Morgan fingerprint density at radius 3 is 2.33 bits per heavy atom. The molecule has 5 nitrogen and oxygen atoms in total. The summed E-state index contributed by atoms with van der Waals surface area (Å²) in [5, 5.41) is 9.35. The summed E-state index contributed by atoms with van der Waals surface area (Å²) in [5.41, 5.74) is 2.00. The van der Waals surface area contributed by atoms with E-state index in [9.17, 15) is 9.59 Å². The smallest absolute Gasteiger partial charge is 0.274 e. The average molecular weight is 483 g/mol. The van der Waals surface area contributed by atoms with Gasteiger partial charge < -0.3 is 5.32 Å². The minimum absolute atomic E-state index is 0.126. The molecule has 7 heteroatoms. The summed E-state index contributed by atoms with van der Waals surface area (Å²) in [6.45, 7) is 0.173. The molecule has 0 aliphatic rings. The van der Waals surface area contributed by atoms with Crippen LogP contribution in [0.25, 0.3) is 22.0 Å². The Balaban J connectivity index is 1.63. The van der Waals surface area contributed by atoms with Gasteiger partial charge in [-0.2, -0.15) is 5.10 Å². The third-order valence-electron chi connectivity index (χ3n) is 4.66. The fraction of sp³-hybridized carbons (Fsp3) is 0.0870. The van der Waals surface area contributed by atoms with Gasteiger partial charge in [0.25, 0.3) is 5.56 Å². The zero-order valence-electron chi connectivity index (χ0n) is 15.8. The van der Waals surface area contributed by atoms with Crippen molar-refractivity contribution < 1.29 is 4.79 Å². The van der Waals surface area contributed by atoms with Crippen LogP contribution in [-0.2, 0) is 11.3 Å². The molecule has 0 unspecified atom stereocenters. The van der Waals surface area contributed by atoms with Gasteiger partial charge in [0.2, 0.25) is 5.91 Å². The van der Waals surface area contributed by atoms with Crippen LogP contribution >= 0.6 is 27.5 Å². The number of nitrogens with zero attached hydrogens (tertiary/aromatic N) is 2. The van der Waals surface area contributed by atoms with Crippen molar-refractivity contribution >= 4 is 49.9 Å². The number of hydrogen-bond donors (Lipinski definition) is 1. The average Bonchev–Trinajstić information content (AvgIpc) is 2.76. The zero-order valence-corrected chi connectivity index (χ0v) is 18.2. The standard InChI is InChI=1S/C23H17BrClN3O2/c24-16-7-11-18(12-8-16)26-21(29)13-14-28-23(30)20-4-2-1-3-19(20)22(27-28)15-5-9-17(25)10-6-15/h1-12H,13-14H2,(H,26,29). The summed E-state index contributed by atoms with van der Waals surface area (Å²) >= 11 is 9.38. The Bertz CT molecular complexity index is 1270. The van der Waals surface area contributed by atoms with Gasteiger partial charge >= 0.3 is 0 Å². The molecule has 0 aliphatic carbocycles. The minimum Gasteiger partial charge on any atom is -0.326 e. The maximum absolute atomic E-state index is 12.9. The Hall–Kier alpha value is -2.96. The van der Waals surface area contributed by atoms with Crippen molar-refractivity contribution in [2.45, 2.75) is 13.0 Å². The first-order valence-corrected chi connectivity index (χ1v) is 10.5. The highest BCUT2D eigenvalue weighted by molar-refractivity contribution is 9.10. The fourth-order valence-corrected chi connectivity index (χ4v) is 3.56. The minimum atomic E-state index is -0.222. The molecule has 1 aromatic heterocycles. The number of aromatic nitrogens is 2. The monoisotopic (exact) mass is 481 g/mol. The van der Waals surface area contributed by atoms with Gasteiger partial charge in [0.05, 0.1) is 17.6 Å². The van der Waals surface area contributed by atoms with E-state index in [1.807, 2.05) is 42.5 Å². The molecule has 0 saturated heterocycles. The van der Waals surface area contributed by atoms with Crippen molar-refractivity contribution in [3.05, 3.63) is 92.6 Å². The van der Waals surface area contributed by atoms with Gasteiger partial charge in [-0.1, -0.05) is 57.9 Å². The van der Waals surface area contributed by atoms with Crippen molar-refractivity contribution in [2.24, 2.45) is 0 Å². The van der Waals surface area contributed by atoms with E-state index >= 15 is 0 Å². The fourth-order valence-electron chi connectivity index (χ4n) is 3.17. The number of carbonyl (C=O) groups is 1. The molecule has 30 heavy (non-hydrogen) atoms. The number of aryl methyl sites for hydroxylation is 1. The molecule has 0 radical (unpaired) electrons. The van der Waals surface area contributed by atoms with Crippen LogP contribution in [0.4, 0.5) is 5.69 Å². The number of halogens is 2. The van der Waals surface area contributed by atoms with E-state index in [2.05, 4.69) is 26.3 Å². The molecule has 0 saturated carbocycles. The molecule has 150 valence electrons. The number of fused-ring (bicyclic) bond motifs is 1. The van der Waals surface area contributed by atoms with E-state index < -0.39 is 0 Å². The number of hydrogen-bond acceptors (Lipinski definition) is 3. The van der Waals surface area contributed by atoms with Crippen molar-refractivity contribution in [3.8, 4) is 11.3 Å². The molecular formula is C23H17BrClN3O2. The van der Waals surface area contributed by atoms with Crippen LogP contribution in [0, 0.1) is 0 Å². The Kier molecular flexibility index (Phi) is 5.97. The molecule has 0 aliphatic heterocycles. The lowest BCUT2D eigenvalue weighted by molar-refractivity contribution is -0.116. The van der Waals surface area contributed by atoms with Crippen molar-refractivity contribution in [1.82, 2.24) is 9.78 Å². The highest BCUT2D eigenvalue weighted by atomic mass is 79.9. The summed E-state index contributed by atoms with van der Waals surface area (Å²) in [6, 6.07) is 22.0. The largest absolute Gasteiger partial charge is 0.326 e. The van der Waals surface area contributed by atoms with Crippen LogP contribution < -0.4 is 10.9 Å².